The third-order valence-corrected chi connectivity index (χ3v) is 3.52. The highest BCUT2D eigenvalue weighted by atomic mass is 16.5. The van der Waals surface area contributed by atoms with E-state index in [1.165, 1.54) is 31.2 Å². The molecule has 1 saturated carbocycles. The highest BCUT2D eigenvalue weighted by Gasteiger charge is 2.26. The molecule has 1 aromatic rings. The minimum atomic E-state index is 0.459. The maximum atomic E-state index is 5.93. The lowest BCUT2D eigenvalue weighted by Gasteiger charge is -2.34. The Labute approximate surface area is 98.0 Å². The molecule has 0 spiro atoms. The summed E-state index contributed by atoms with van der Waals surface area (Å²) < 4.78 is 5.93. The van der Waals surface area contributed by atoms with Crippen molar-refractivity contribution in [3.05, 3.63) is 30.1 Å². The number of hydrogen-bond donors (Lipinski definition) is 0. The average molecular weight is 219 g/mol. The molecule has 0 saturated heterocycles. The van der Waals surface area contributed by atoms with Crippen LogP contribution in [0, 0.1) is 5.41 Å². The summed E-state index contributed by atoms with van der Waals surface area (Å²) in [6, 6.07) is 4.04. The van der Waals surface area contributed by atoms with E-state index in [-0.39, 0.29) is 0 Å². The summed E-state index contributed by atoms with van der Waals surface area (Å²) in [5.74, 6) is 0. The monoisotopic (exact) mass is 219 g/mol. The second-order valence-electron chi connectivity index (χ2n) is 5.53. The zero-order valence-electron chi connectivity index (χ0n) is 10.3. The lowest BCUT2D eigenvalue weighted by molar-refractivity contribution is -0.00560. The fourth-order valence-electron chi connectivity index (χ4n) is 2.23. The van der Waals surface area contributed by atoms with Gasteiger partial charge in [0.05, 0.1) is 12.7 Å². The summed E-state index contributed by atoms with van der Waals surface area (Å²) in [6.07, 6.45) is 9.09. The van der Waals surface area contributed by atoms with Crippen LogP contribution in [0.2, 0.25) is 0 Å². The molecule has 16 heavy (non-hydrogen) atoms. The van der Waals surface area contributed by atoms with Gasteiger partial charge in [-0.1, -0.05) is 13.8 Å². The molecule has 1 heterocycles. The molecule has 0 aliphatic heterocycles. The summed E-state index contributed by atoms with van der Waals surface area (Å²) in [4.78, 5) is 4.00. The van der Waals surface area contributed by atoms with Crippen LogP contribution in [0.4, 0.5) is 0 Å². The Morgan fingerprint density at radius 1 is 1.25 bits per heavy atom. The third-order valence-electron chi connectivity index (χ3n) is 3.52. The zero-order chi connectivity index (χ0) is 11.4. The molecule has 2 rings (SSSR count). The van der Waals surface area contributed by atoms with Crippen LogP contribution < -0.4 is 0 Å². The van der Waals surface area contributed by atoms with Crippen LogP contribution >= 0.6 is 0 Å². The minimum absolute atomic E-state index is 0.459. The van der Waals surface area contributed by atoms with Gasteiger partial charge in [0.1, 0.15) is 0 Å². The largest absolute Gasteiger partial charge is 0.374 e. The Morgan fingerprint density at radius 3 is 2.50 bits per heavy atom. The fraction of sp³-hybridized carbons (Fsp3) is 0.643. The smallest absolute Gasteiger partial charge is 0.0721 e. The van der Waals surface area contributed by atoms with Crippen molar-refractivity contribution in [2.45, 2.75) is 52.2 Å². The average Bonchev–Trinajstić information content (AvgIpc) is 2.29. The van der Waals surface area contributed by atoms with Crippen molar-refractivity contribution >= 4 is 0 Å². The predicted molar refractivity (Wildman–Crippen MR) is 65.1 cm³/mol. The lowest BCUT2D eigenvalue weighted by atomic mass is 9.76. The molecule has 0 bridgehead atoms. The van der Waals surface area contributed by atoms with E-state index in [0.29, 0.717) is 11.5 Å². The van der Waals surface area contributed by atoms with Gasteiger partial charge in [0, 0.05) is 12.4 Å². The van der Waals surface area contributed by atoms with Crippen LogP contribution in [0.1, 0.15) is 45.1 Å². The Hall–Kier alpha value is -0.890. The minimum Gasteiger partial charge on any atom is -0.374 e. The normalized spacial score (nSPS) is 20.9. The van der Waals surface area contributed by atoms with Crippen molar-refractivity contribution in [2.75, 3.05) is 0 Å². The first-order valence-electron chi connectivity index (χ1n) is 6.16. The van der Waals surface area contributed by atoms with Crippen LogP contribution in [0.15, 0.2) is 24.5 Å². The molecule has 2 nitrogen and oxygen atoms in total. The van der Waals surface area contributed by atoms with E-state index in [9.17, 15) is 0 Å². The molecule has 1 aliphatic carbocycles. The number of nitrogens with zero attached hydrogens (tertiary/aromatic N) is 1. The molecular formula is C14H21NO. The van der Waals surface area contributed by atoms with Crippen molar-refractivity contribution in [3.63, 3.8) is 0 Å². The third kappa shape index (κ3) is 3.31. The van der Waals surface area contributed by atoms with E-state index in [0.717, 1.165) is 6.61 Å². The van der Waals surface area contributed by atoms with E-state index < -0.39 is 0 Å². The van der Waals surface area contributed by atoms with E-state index in [2.05, 4.69) is 18.8 Å². The molecule has 0 atom stereocenters. The molecule has 1 fully saturated rings. The summed E-state index contributed by atoms with van der Waals surface area (Å²) >= 11 is 0. The highest BCUT2D eigenvalue weighted by Crippen LogP contribution is 2.36. The first-order chi connectivity index (χ1) is 7.66. The van der Waals surface area contributed by atoms with Gasteiger partial charge in [-0.3, -0.25) is 4.98 Å². The standard InChI is InChI=1S/C14H21NO/c1-14(2)7-3-13(4-8-14)16-11-12-5-9-15-10-6-12/h5-6,9-10,13H,3-4,7-8,11H2,1-2H3. The SMILES string of the molecule is CC1(C)CCC(OCc2ccncc2)CC1. The van der Waals surface area contributed by atoms with Gasteiger partial charge in [0.2, 0.25) is 0 Å². The highest BCUT2D eigenvalue weighted by molar-refractivity contribution is 5.08. The maximum absolute atomic E-state index is 5.93. The van der Waals surface area contributed by atoms with Gasteiger partial charge in [-0.05, 0) is 48.8 Å². The zero-order valence-corrected chi connectivity index (χ0v) is 10.3. The molecule has 88 valence electrons. The van der Waals surface area contributed by atoms with Crippen molar-refractivity contribution in [1.29, 1.82) is 0 Å². The van der Waals surface area contributed by atoms with Gasteiger partial charge in [0.25, 0.3) is 0 Å². The molecule has 0 unspecified atom stereocenters. The van der Waals surface area contributed by atoms with E-state index in [1.807, 2.05) is 24.5 Å². The van der Waals surface area contributed by atoms with E-state index in [1.54, 1.807) is 0 Å². The predicted octanol–water partition coefficient (Wildman–Crippen LogP) is 3.57. The van der Waals surface area contributed by atoms with Crippen LogP contribution in [-0.2, 0) is 11.3 Å². The Kier molecular flexibility index (Phi) is 3.59. The molecule has 0 N–H and O–H groups in total. The van der Waals surface area contributed by atoms with Crippen molar-refractivity contribution in [1.82, 2.24) is 4.98 Å². The summed E-state index contributed by atoms with van der Waals surface area (Å²) in [5.41, 5.74) is 1.75. The second-order valence-corrected chi connectivity index (χ2v) is 5.53. The van der Waals surface area contributed by atoms with Gasteiger partial charge in [-0.2, -0.15) is 0 Å². The van der Waals surface area contributed by atoms with E-state index >= 15 is 0 Å². The van der Waals surface area contributed by atoms with Gasteiger partial charge in [-0.25, -0.2) is 0 Å². The Bertz CT molecular complexity index is 311. The molecule has 0 radical (unpaired) electrons. The molecule has 0 aromatic carbocycles. The molecular weight excluding hydrogens is 198 g/mol. The van der Waals surface area contributed by atoms with E-state index in [4.69, 9.17) is 4.74 Å². The van der Waals surface area contributed by atoms with Gasteiger partial charge in [-0.15, -0.1) is 0 Å². The Morgan fingerprint density at radius 2 is 1.88 bits per heavy atom. The topological polar surface area (TPSA) is 22.1 Å². The van der Waals surface area contributed by atoms with Crippen LogP contribution in [0.25, 0.3) is 0 Å². The second kappa shape index (κ2) is 4.96. The number of hydrogen-bond acceptors (Lipinski definition) is 2. The fourth-order valence-corrected chi connectivity index (χ4v) is 2.23. The Balaban J connectivity index is 1.76. The molecule has 0 amide bonds. The quantitative estimate of drug-likeness (QED) is 0.775. The maximum Gasteiger partial charge on any atom is 0.0721 e. The summed E-state index contributed by atoms with van der Waals surface area (Å²) in [5, 5.41) is 0. The summed E-state index contributed by atoms with van der Waals surface area (Å²) in [7, 11) is 0. The van der Waals surface area contributed by atoms with Crippen molar-refractivity contribution in [3.8, 4) is 0 Å². The lowest BCUT2D eigenvalue weighted by Crippen LogP contribution is -2.26. The van der Waals surface area contributed by atoms with Crippen LogP contribution in [0.3, 0.4) is 0 Å². The van der Waals surface area contributed by atoms with Crippen molar-refractivity contribution < 1.29 is 4.74 Å². The van der Waals surface area contributed by atoms with Crippen LogP contribution in [-0.4, -0.2) is 11.1 Å². The number of pyridine rings is 1. The molecule has 2 heteroatoms. The first kappa shape index (κ1) is 11.6. The van der Waals surface area contributed by atoms with Gasteiger partial charge < -0.3 is 4.74 Å². The molecule has 1 aliphatic rings. The number of aromatic nitrogens is 1. The molecule has 1 aromatic heterocycles. The number of rotatable bonds is 3. The number of ether oxygens (including phenoxy) is 1. The van der Waals surface area contributed by atoms with Gasteiger partial charge >= 0.3 is 0 Å². The summed E-state index contributed by atoms with van der Waals surface area (Å²) in [6.45, 7) is 5.44. The van der Waals surface area contributed by atoms with Crippen LogP contribution in [0.5, 0.6) is 0 Å². The van der Waals surface area contributed by atoms with Crippen molar-refractivity contribution in [2.24, 2.45) is 5.41 Å². The first-order valence-corrected chi connectivity index (χ1v) is 6.16. The van der Waals surface area contributed by atoms with Gasteiger partial charge in [0.15, 0.2) is 0 Å².